The second-order valence-corrected chi connectivity index (χ2v) is 12.9. The highest BCUT2D eigenvalue weighted by molar-refractivity contribution is 6.74. The number of halogens is 2. The number of hydrogen-bond acceptors (Lipinski definition) is 5. The quantitative estimate of drug-likeness (QED) is 0.762. The van der Waals surface area contributed by atoms with Gasteiger partial charge in [0.25, 0.3) is 5.56 Å². The number of aromatic nitrogens is 2. The maximum atomic E-state index is 15.1. The van der Waals surface area contributed by atoms with Gasteiger partial charge in [0.2, 0.25) is 6.23 Å². The highest BCUT2D eigenvalue weighted by Gasteiger charge is 2.62. The van der Waals surface area contributed by atoms with Crippen LogP contribution >= 0.6 is 0 Å². The van der Waals surface area contributed by atoms with Crippen molar-refractivity contribution in [1.82, 2.24) is 9.55 Å². The Labute approximate surface area is 151 Å². The molecule has 148 valence electrons. The zero-order chi connectivity index (χ0) is 20.1. The predicted octanol–water partition coefficient (Wildman–Crippen LogP) is 1.76. The number of rotatable bonds is 4. The number of H-pyrrole nitrogens is 1. The van der Waals surface area contributed by atoms with Crippen molar-refractivity contribution in [3.05, 3.63) is 32.6 Å². The minimum Gasteiger partial charge on any atom is -0.405 e. The maximum Gasteiger partial charge on any atom is 0.330 e. The van der Waals surface area contributed by atoms with Crippen LogP contribution in [0.3, 0.4) is 0 Å². The average molecular weight is 392 g/mol. The third-order valence-electron chi connectivity index (χ3n) is 5.16. The van der Waals surface area contributed by atoms with E-state index in [2.05, 4.69) is 0 Å². The number of nitrogens with one attached hydrogen (secondary N) is 1. The van der Waals surface area contributed by atoms with E-state index in [9.17, 15) is 14.7 Å². The average Bonchev–Trinajstić information content (AvgIpc) is 2.73. The summed E-state index contributed by atoms with van der Waals surface area (Å²) in [6.45, 7) is 10.1. The summed E-state index contributed by atoms with van der Waals surface area (Å²) < 4.78 is 42.1. The van der Waals surface area contributed by atoms with Crippen LogP contribution in [0, 0.1) is 6.92 Å². The topological polar surface area (TPSA) is 93.6 Å². The van der Waals surface area contributed by atoms with Crippen molar-refractivity contribution in [1.29, 1.82) is 0 Å². The molecule has 10 heteroatoms. The molecule has 0 amide bonds. The van der Waals surface area contributed by atoms with E-state index in [4.69, 9.17) is 9.16 Å². The first kappa shape index (κ1) is 20.9. The largest absolute Gasteiger partial charge is 0.405 e. The van der Waals surface area contributed by atoms with Crippen LogP contribution < -0.4 is 11.2 Å². The van der Waals surface area contributed by atoms with Gasteiger partial charge in [-0.2, -0.15) is 8.78 Å². The van der Waals surface area contributed by atoms with Gasteiger partial charge in [0.1, 0.15) is 12.2 Å². The Balaban J connectivity index is 2.47. The minimum absolute atomic E-state index is 0.0957. The third-order valence-corrected chi connectivity index (χ3v) is 9.61. The summed E-state index contributed by atoms with van der Waals surface area (Å²) in [5, 5.41) is 9.21. The highest BCUT2D eigenvalue weighted by Crippen LogP contribution is 2.47. The minimum atomic E-state index is -3.57. The molecule has 2 rings (SSSR count). The first-order chi connectivity index (χ1) is 11.7. The summed E-state index contributed by atoms with van der Waals surface area (Å²) in [6, 6.07) is 0. The van der Waals surface area contributed by atoms with Crippen molar-refractivity contribution in [2.75, 3.05) is 6.61 Å². The number of aromatic amines is 1. The normalized spacial score (nSPS) is 26.3. The number of alkyl halides is 2. The van der Waals surface area contributed by atoms with E-state index in [1.165, 1.54) is 6.92 Å². The lowest BCUT2D eigenvalue weighted by Crippen LogP contribution is -2.52. The van der Waals surface area contributed by atoms with E-state index in [0.29, 0.717) is 4.57 Å². The van der Waals surface area contributed by atoms with Gasteiger partial charge >= 0.3 is 11.6 Å². The summed E-state index contributed by atoms with van der Waals surface area (Å²) in [7, 11) is -2.60. The summed E-state index contributed by atoms with van der Waals surface area (Å²) in [5.41, 5.74) is -1.56. The van der Waals surface area contributed by atoms with E-state index in [1.54, 1.807) is 0 Å². The Morgan fingerprint density at radius 3 is 2.46 bits per heavy atom. The van der Waals surface area contributed by atoms with Gasteiger partial charge in [-0.05, 0) is 25.1 Å². The molecule has 0 aromatic carbocycles. The number of ether oxygens (including phenoxy) is 1. The van der Waals surface area contributed by atoms with Gasteiger partial charge in [-0.3, -0.25) is 14.3 Å². The Bertz CT molecular complexity index is 784. The van der Waals surface area contributed by atoms with Gasteiger partial charge in [0.15, 0.2) is 8.32 Å². The number of aliphatic hydroxyl groups excluding tert-OH is 1. The van der Waals surface area contributed by atoms with E-state index in [1.807, 2.05) is 38.8 Å². The molecule has 0 spiro atoms. The fourth-order valence-corrected chi connectivity index (χ4v) is 3.81. The van der Waals surface area contributed by atoms with Crippen molar-refractivity contribution < 1.29 is 23.1 Å². The molecule has 1 aliphatic heterocycles. The summed E-state index contributed by atoms with van der Waals surface area (Å²) in [5.74, 6) is -3.57. The SMILES string of the molecule is Cc1cn([C@H]2O[C@@H](CO)[C@H](O[Si](C)(C)C(C)(C)C)C2(F)F)c(=O)[nH]c1=O. The molecule has 2 N–H and O–H groups in total. The summed E-state index contributed by atoms with van der Waals surface area (Å²) in [4.78, 5) is 25.5. The van der Waals surface area contributed by atoms with E-state index in [-0.39, 0.29) is 10.6 Å². The molecule has 1 saturated heterocycles. The first-order valence-corrected chi connectivity index (χ1v) is 11.3. The third kappa shape index (κ3) is 3.55. The standard InChI is InChI=1S/C16H26F2N2O5Si/c1-9-7-20(14(23)19-12(9)22)13-16(17,18)11(10(8-21)24-13)25-26(5,6)15(2,3)4/h7,10-11,13,21H,8H2,1-6H3,(H,19,22,23)/t10-,11-,13-/m0/s1. The molecule has 3 atom stereocenters. The van der Waals surface area contributed by atoms with Crippen molar-refractivity contribution in [2.24, 2.45) is 0 Å². The number of aryl methyl sites for hydroxylation is 1. The number of aliphatic hydroxyl groups is 1. The number of hydrogen-bond donors (Lipinski definition) is 2. The van der Waals surface area contributed by atoms with Gasteiger partial charge < -0.3 is 14.3 Å². The molecular weight excluding hydrogens is 366 g/mol. The van der Waals surface area contributed by atoms with Crippen LogP contribution in [0.4, 0.5) is 8.78 Å². The van der Waals surface area contributed by atoms with Crippen molar-refractivity contribution in [3.63, 3.8) is 0 Å². The van der Waals surface area contributed by atoms with Crippen LogP contribution in [-0.2, 0) is 9.16 Å². The maximum absolute atomic E-state index is 15.1. The summed E-state index contributed by atoms with van der Waals surface area (Å²) >= 11 is 0. The predicted molar refractivity (Wildman–Crippen MR) is 94.1 cm³/mol. The van der Waals surface area contributed by atoms with Gasteiger partial charge in [-0.15, -0.1) is 0 Å². The van der Waals surface area contributed by atoms with Crippen molar-refractivity contribution in [2.45, 2.75) is 70.2 Å². The zero-order valence-electron chi connectivity index (χ0n) is 15.8. The van der Waals surface area contributed by atoms with Gasteiger partial charge in [-0.25, -0.2) is 4.79 Å². The molecule has 2 heterocycles. The number of nitrogens with zero attached hydrogens (tertiary/aromatic N) is 1. The molecule has 7 nitrogen and oxygen atoms in total. The summed E-state index contributed by atoms with van der Waals surface area (Å²) in [6.07, 6.45) is -3.93. The Morgan fingerprint density at radius 1 is 1.38 bits per heavy atom. The molecule has 0 unspecified atom stereocenters. The fraction of sp³-hybridized carbons (Fsp3) is 0.750. The molecule has 0 saturated carbocycles. The lowest BCUT2D eigenvalue weighted by atomic mass is 10.1. The lowest BCUT2D eigenvalue weighted by molar-refractivity contribution is -0.138. The molecule has 26 heavy (non-hydrogen) atoms. The Kier molecular flexibility index (Phi) is 5.37. The second-order valence-electron chi connectivity index (χ2n) is 8.16. The van der Waals surface area contributed by atoms with Crippen LogP contribution in [0.5, 0.6) is 0 Å². The smallest absolute Gasteiger partial charge is 0.330 e. The van der Waals surface area contributed by atoms with Crippen LogP contribution in [0.2, 0.25) is 18.1 Å². The Hall–Kier alpha value is -1.36. The van der Waals surface area contributed by atoms with Gasteiger partial charge in [0, 0.05) is 11.8 Å². The van der Waals surface area contributed by atoms with E-state index >= 15 is 8.78 Å². The van der Waals surface area contributed by atoms with E-state index < -0.39 is 50.5 Å². The van der Waals surface area contributed by atoms with Crippen molar-refractivity contribution in [3.8, 4) is 0 Å². The second kappa shape index (κ2) is 6.66. The van der Waals surface area contributed by atoms with Gasteiger partial charge in [-0.1, -0.05) is 20.8 Å². The molecule has 1 fully saturated rings. The van der Waals surface area contributed by atoms with Crippen LogP contribution in [-0.4, -0.2) is 47.7 Å². The highest BCUT2D eigenvalue weighted by atomic mass is 28.4. The molecule has 1 aliphatic rings. The molecule has 1 aromatic rings. The lowest BCUT2D eigenvalue weighted by Gasteiger charge is -2.40. The Morgan fingerprint density at radius 2 is 1.96 bits per heavy atom. The fourth-order valence-electron chi connectivity index (χ4n) is 2.51. The van der Waals surface area contributed by atoms with Crippen molar-refractivity contribution >= 4 is 8.32 Å². The molecule has 0 radical (unpaired) electrons. The molecular formula is C16H26F2N2O5Si. The molecule has 0 bridgehead atoms. The van der Waals surface area contributed by atoms with Crippen LogP contribution in [0.1, 0.15) is 32.6 Å². The first-order valence-electron chi connectivity index (χ1n) is 8.36. The van der Waals surface area contributed by atoms with Crippen LogP contribution in [0.25, 0.3) is 0 Å². The zero-order valence-corrected chi connectivity index (χ0v) is 16.8. The molecule has 1 aromatic heterocycles. The van der Waals surface area contributed by atoms with Gasteiger partial charge in [0.05, 0.1) is 6.61 Å². The van der Waals surface area contributed by atoms with E-state index in [0.717, 1.165) is 6.20 Å². The van der Waals surface area contributed by atoms with Crippen LogP contribution in [0.15, 0.2) is 15.8 Å². The monoisotopic (exact) mass is 392 g/mol. The molecule has 0 aliphatic carbocycles.